The topological polar surface area (TPSA) is 74.6 Å². The van der Waals surface area contributed by atoms with Crippen LogP contribution < -0.4 is 0 Å². The molecular formula is C12H7F3O4. The maximum absolute atomic E-state index is 12.4. The van der Waals surface area contributed by atoms with Gasteiger partial charge in [0, 0.05) is 5.56 Å². The molecule has 0 amide bonds. The molecule has 0 heterocycles. The van der Waals surface area contributed by atoms with E-state index in [9.17, 15) is 22.8 Å². The van der Waals surface area contributed by atoms with Crippen LogP contribution in [0.25, 0.3) is 0 Å². The van der Waals surface area contributed by atoms with Crippen molar-refractivity contribution in [2.75, 3.05) is 0 Å². The van der Waals surface area contributed by atoms with Gasteiger partial charge in [0.25, 0.3) is 0 Å². The van der Waals surface area contributed by atoms with Crippen molar-refractivity contribution in [3.8, 4) is 11.8 Å². The van der Waals surface area contributed by atoms with Crippen LogP contribution in [0.3, 0.4) is 0 Å². The van der Waals surface area contributed by atoms with E-state index in [4.69, 9.17) is 10.2 Å². The quantitative estimate of drug-likeness (QED) is 0.809. The lowest BCUT2D eigenvalue weighted by Crippen LogP contribution is -2.09. The van der Waals surface area contributed by atoms with Crippen molar-refractivity contribution in [2.45, 2.75) is 12.6 Å². The number of hydrogen-bond acceptors (Lipinski definition) is 2. The number of benzene rings is 1. The first-order valence-electron chi connectivity index (χ1n) is 4.87. The molecule has 0 fully saturated rings. The lowest BCUT2D eigenvalue weighted by Gasteiger charge is -2.08. The molecule has 0 radical (unpaired) electrons. The third-order valence-corrected chi connectivity index (χ3v) is 2.04. The lowest BCUT2D eigenvalue weighted by atomic mass is 10.0. The van der Waals surface area contributed by atoms with Gasteiger partial charge >= 0.3 is 18.1 Å². The fourth-order valence-corrected chi connectivity index (χ4v) is 1.22. The van der Waals surface area contributed by atoms with Crippen molar-refractivity contribution in [3.63, 3.8) is 0 Å². The van der Waals surface area contributed by atoms with Crippen molar-refractivity contribution in [1.82, 2.24) is 0 Å². The SMILES string of the molecule is O=C(O)CC#Cc1ccc(C(F)(F)F)cc1C(=O)O. The summed E-state index contributed by atoms with van der Waals surface area (Å²) >= 11 is 0. The van der Waals surface area contributed by atoms with Crippen molar-refractivity contribution >= 4 is 11.9 Å². The highest BCUT2D eigenvalue weighted by Gasteiger charge is 2.31. The molecule has 100 valence electrons. The van der Waals surface area contributed by atoms with Crippen LogP contribution in [0.1, 0.15) is 27.9 Å². The van der Waals surface area contributed by atoms with E-state index in [1.807, 2.05) is 0 Å². The molecule has 2 N–H and O–H groups in total. The standard InChI is InChI=1S/C12H7F3O4/c13-12(14,15)8-5-4-7(2-1-3-10(16)17)9(6-8)11(18)19/h4-6H,3H2,(H,16,17)(H,18,19). The van der Waals surface area contributed by atoms with Crippen LogP contribution in [0, 0.1) is 11.8 Å². The van der Waals surface area contributed by atoms with Crippen molar-refractivity contribution < 1.29 is 33.0 Å². The van der Waals surface area contributed by atoms with Gasteiger partial charge in [0.05, 0.1) is 11.1 Å². The smallest absolute Gasteiger partial charge is 0.416 e. The molecule has 0 bridgehead atoms. The van der Waals surface area contributed by atoms with Crippen molar-refractivity contribution in [2.24, 2.45) is 0 Å². The van der Waals surface area contributed by atoms with Gasteiger partial charge in [-0.15, -0.1) is 0 Å². The van der Waals surface area contributed by atoms with Gasteiger partial charge in [-0.1, -0.05) is 11.8 Å². The average molecular weight is 272 g/mol. The maximum atomic E-state index is 12.4. The van der Waals surface area contributed by atoms with Gasteiger partial charge in [0.15, 0.2) is 0 Å². The van der Waals surface area contributed by atoms with Crippen LogP contribution in [0.4, 0.5) is 13.2 Å². The zero-order valence-corrected chi connectivity index (χ0v) is 9.28. The van der Waals surface area contributed by atoms with Crippen LogP contribution in [0.2, 0.25) is 0 Å². The highest BCUT2D eigenvalue weighted by molar-refractivity contribution is 5.91. The summed E-state index contributed by atoms with van der Waals surface area (Å²) in [6, 6.07) is 2.06. The Morgan fingerprint density at radius 2 is 1.84 bits per heavy atom. The van der Waals surface area contributed by atoms with Gasteiger partial charge in [-0.05, 0) is 18.2 Å². The molecule has 0 spiro atoms. The van der Waals surface area contributed by atoms with Crippen molar-refractivity contribution in [3.05, 3.63) is 34.9 Å². The first kappa shape index (κ1) is 14.6. The maximum Gasteiger partial charge on any atom is 0.416 e. The van der Waals surface area contributed by atoms with E-state index in [0.717, 1.165) is 6.07 Å². The Balaban J connectivity index is 3.22. The Morgan fingerprint density at radius 3 is 2.32 bits per heavy atom. The van der Waals surface area contributed by atoms with Gasteiger partial charge < -0.3 is 10.2 Å². The molecule has 0 aromatic heterocycles. The molecule has 19 heavy (non-hydrogen) atoms. The van der Waals surface area contributed by atoms with E-state index in [-0.39, 0.29) is 5.56 Å². The molecule has 1 aromatic rings. The Bertz CT molecular complexity index is 579. The third kappa shape index (κ3) is 4.03. The summed E-state index contributed by atoms with van der Waals surface area (Å²) in [7, 11) is 0. The highest BCUT2D eigenvalue weighted by atomic mass is 19.4. The van der Waals surface area contributed by atoms with Crippen LogP contribution >= 0.6 is 0 Å². The highest BCUT2D eigenvalue weighted by Crippen LogP contribution is 2.30. The van der Waals surface area contributed by atoms with Gasteiger partial charge in [-0.2, -0.15) is 13.2 Å². The molecule has 0 unspecified atom stereocenters. The van der Waals surface area contributed by atoms with Gasteiger partial charge in [-0.3, -0.25) is 4.79 Å². The fourth-order valence-electron chi connectivity index (χ4n) is 1.22. The summed E-state index contributed by atoms with van der Waals surface area (Å²) in [6.07, 6.45) is -5.18. The Morgan fingerprint density at radius 1 is 1.21 bits per heavy atom. The predicted molar refractivity (Wildman–Crippen MR) is 57.5 cm³/mol. The van der Waals surface area contributed by atoms with Crippen LogP contribution in [-0.2, 0) is 11.0 Å². The predicted octanol–water partition coefficient (Wildman–Crippen LogP) is 2.23. The number of aliphatic carboxylic acids is 1. The first-order valence-corrected chi connectivity index (χ1v) is 4.87. The molecule has 7 heteroatoms. The van der Waals surface area contributed by atoms with E-state index in [2.05, 4.69) is 11.8 Å². The lowest BCUT2D eigenvalue weighted by molar-refractivity contribution is -0.138. The molecular weight excluding hydrogens is 265 g/mol. The Kier molecular flexibility index (Phi) is 4.17. The second-order valence-corrected chi connectivity index (χ2v) is 3.44. The van der Waals surface area contributed by atoms with Gasteiger partial charge in [0.1, 0.15) is 6.42 Å². The molecule has 0 saturated heterocycles. The number of carboxylic acids is 2. The number of alkyl halides is 3. The average Bonchev–Trinajstić information content (AvgIpc) is 2.27. The molecule has 0 aliphatic rings. The van der Waals surface area contributed by atoms with Crippen LogP contribution in [0.15, 0.2) is 18.2 Å². The van der Waals surface area contributed by atoms with Crippen LogP contribution in [0.5, 0.6) is 0 Å². The monoisotopic (exact) mass is 272 g/mol. The first-order chi connectivity index (χ1) is 8.71. The summed E-state index contributed by atoms with van der Waals surface area (Å²) in [5.41, 5.74) is -1.89. The number of hydrogen-bond donors (Lipinski definition) is 2. The number of halogens is 3. The van der Waals surface area contributed by atoms with Gasteiger partial charge in [-0.25, -0.2) is 4.79 Å². The van der Waals surface area contributed by atoms with Crippen LogP contribution in [-0.4, -0.2) is 22.2 Å². The summed E-state index contributed by atoms with van der Waals surface area (Å²) in [6.45, 7) is 0. The minimum absolute atomic E-state index is 0.165. The van der Waals surface area contributed by atoms with Gasteiger partial charge in [0.2, 0.25) is 0 Å². The van der Waals surface area contributed by atoms with E-state index < -0.39 is 35.7 Å². The summed E-state index contributed by atoms with van der Waals surface area (Å²) < 4.78 is 37.2. The number of rotatable bonds is 2. The molecule has 0 aliphatic heterocycles. The summed E-state index contributed by atoms with van der Waals surface area (Å²) in [4.78, 5) is 21.1. The van der Waals surface area contributed by atoms with E-state index >= 15 is 0 Å². The zero-order valence-electron chi connectivity index (χ0n) is 9.28. The Labute approximate surface area is 105 Å². The molecule has 4 nitrogen and oxygen atoms in total. The normalized spacial score (nSPS) is 10.5. The van der Waals surface area contributed by atoms with Crippen molar-refractivity contribution in [1.29, 1.82) is 0 Å². The second-order valence-electron chi connectivity index (χ2n) is 3.44. The molecule has 1 rings (SSSR count). The van der Waals surface area contributed by atoms with E-state index in [0.29, 0.717) is 12.1 Å². The minimum atomic E-state index is -4.66. The van der Waals surface area contributed by atoms with E-state index in [1.54, 1.807) is 0 Å². The molecule has 0 atom stereocenters. The minimum Gasteiger partial charge on any atom is -0.481 e. The largest absolute Gasteiger partial charge is 0.481 e. The zero-order chi connectivity index (χ0) is 14.6. The fraction of sp³-hybridized carbons (Fsp3) is 0.167. The Hall–Kier alpha value is -2.49. The molecule has 1 aromatic carbocycles. The second kappa shape index (κ2) is 5.44. The number of aromatic carboxylic acids is 1. The summed E-state index contributed by atoms with van der Waals surface area (Å²) in [5, 5.41) is 17.2. The summed E-state index contributed by atoms with van der Waals surface area (Å²) in [5.74, 6) is 1.61. The number of carbonyl (C=O) groups is 2. The molecule has 0 aliphatic carbocycles. The number of carboxylic acid groups (broad SMARTS) is 2. The van der Waals surface area contributed by atoms with E-state index in [1.165, 1.54) is 0 Å². The third-order valence-electron chi connectivity index (χ3n) is 2.04. The molecule has 0 saturated carbocycles.